The summed E-state index contributed by atoms with van der Waals surface area (Å²) in [6.07, 6.45) is 0. The molecule has 0 spiro atoms. The van der Waals surface area contributed by atoms with Gasteiger partial charge in [-0.3, -0.25) is 9.59 Å². The van der Waals surface area contributed by atoms with Crippen molar-refractivity contribution in [2.45, 2.75) is 33.1 Å². The van der Waals surface area contributed by atoms with E-state index < -0.39 is 0 Å². The first-order valence-electron chi connectivity index (χ1n) is 9.02. The minimum absolute atomic E-state index is 0.0608. The van der Waals surface area contributed by atoms with Crippen molar-refractivity contribution in [1.29, 1.82) is 0 Å². The second kappa shape index (κ2) is 8.71. The van der Waals surface area contributed by atoms with Gasteiger partial charge in [0.1, 0.15) is 0 Å². The van der Waals surface area contributed by atoms with Crippen LogP contribution >= 0.6 is 22.7 Å². The molecule has 5 nitrogen and oxygen atoms in total. The second-order valence-electron chi connectivity index (χ2n) is 7.46. The van der Waals surface area contributed by atoms with Crippen LogP contribution in [0, 0.1) is 0 Å². The Hall–Kier alpha value is -2.77. The lowest BCUT2D eigenvalue weighted by molar-refractivity contribution is -0.120. The van der Waals surface area contributed by atoms with Gasteiger partial charge in [0.05, 0.1) is 21.0 Å². The fourth-order valence-electron chi connectivity index (χ4n) is 2.74. The Kier molecular flexibility index (Phi) is 6.30. The van der Waals surface area contributed by atoms with E-state index in [2.05, 4.69) is 43.4 Å². The average Bonchev–Trinajstić information content (AvgIpc) is 3.36. The van der Waals surface area contributed by atoms with E-state index in [0.29, 0.717) is 28.4 Å². The zero-order valence-electron chi connectivity index (χ0n) is 16.7. The maximum Gasteiger partial charge on any atom is 0.298 e. The standard InChI is InChI=1S/C22H22N2O3S2/c1-14(23-24-21(26)18-6-5-11-28-18)17-12-29-20(19(17)27-13-25)15-7-9-16(10-8-15)22(2,3)4/h5-13H,1-4H3,(H,24,26). The van der Waals surface area contributed by atoms with Crippen LogP contribution in [0.25, 0.3) is 10.4 Å². The highest BCUT2D eigenvalue weighted by molar-refractivity contribution is 7.14. The molecular formula is C22H22N2O3S2. The summed E-state index contributed by atoms with van der Waals surface area (Å²) >= 11 is 2.81. The highest BCUT2D eigenvalue weighted by Gasteiger charge is 2.19. The molecule has 0 aliphatic rings. The molecule has 0 aliphatic heterocycles. The van der Waals surface area contributed by atoms with Crippen LogP contribution in [-0.4, -0.2) is 18.1 Å². The Morgan fingerprint density at radius 1 is 1.14 bits per heavy atom. The van der Waals surface area contributed by atoms with Crippen molar-refractivity contribution in [2.75, 3.05) is 0 Å². The fourth-order valence-corrected chi connectivity index (χ4v) is 4.40. The summed E-state index contributed by atoms with van der Waals surface area (Å²) in [5.74, 6) is 0.172. The molecule has 2 heterocycles. The third kappa shape index (κ3) is 4.81. The summed E-state index contributed by atoms with van der Waals surface area (Å²) in [7, 11) is 0. The minimum Gasteiger partial charge on any atom is -0.426 e. The molecular weight excluding hydrogens is 404 g/mol. The molecule has 7 heteroatoms. The van der Waals surface area contributed by atoms with Gasteiger partial charge in [-0.1, -0.05) is 51.1 Å². The predicted octanol–water partition coefficient (Wildman–Crippen LogP) is 5.46. The molecule has 0 saturated heterocycles. The van der Waals surface area contributed by atoms with Crippen molar-refractivity contribution >= 4 is 40.8 Å². The minimum atomic E-state index is -0.273. The number of hydrazone groups is 1. The molecule has 0 saturated carbocycles. The van der Waals surface area contributed by atoms with Crippen LogP contribution in [0.5, 0.6) is 5.75 Å². The Morgan fingerprint density at radius 2 is 1.86 bits per heavy atom. The van der Waals surface area contributed by atoms with E-state index in [1.54, 1.807) is 13.0 Å². The number of nitrogens with zero attached hydrogens (tertiary/aromatic N) is 1. The Morgan fingerprint density at radius 3 is 2.45 bits per heavy atom. The number of hydrogen-bond donors (Lipinski definition) is 1. The third-order valence-corrected chi connectivity index (χ3v) is 6.26. The van der Waals surface area contributed by atoms with E-state index in [1.807, 2.05) is 29.0 Å². The van der Waals surface area contributed by atoms with E-state index >= 15 is 0 Å². The zero-order chi connectivity index (χ0) is 21.0. The SMILES string of the molecule is CC(=NNC(=O)c1cccs1)c1csc(-c2ccc(C(C)(C)C)cc2)c1OC=O. The van der Waals surface area contributed by atoms with Crippen LogP contribution < -0.4 is 10.2 Å². The Balaban J connectivity index is 1.89. The topological polar surface area (TPSA) is 67.8 Å². The number of hydrogen-bond acceptors (Lipinski definition) is 6. The second-order valence-corrected chi connectivity index (χ2v) is 9.29. The van der Waals surface area contributed by atoms with Gasteiger partial charge >= 0.3 is 0 Å². The Labute approximate surface area is 178 Å². The molecule has 1 amide bonds. The lowest BCUT2D eigenvalue weighted by Gasteiger charge is -2.19. The Bertz CT molecular complexity index is 1030. The van der Waals surface area contributed by atoms with Crippen molar-refractivity contribution in [3.05, 3.63) is 63.2 Å². The highest BCUT2D eigenvalue weighted by atomic mass is 32.1. The molecule has 0 unspecified atom stereocenters. The summed E-state index contributed by atoms with van der Waals surface area (Å²) in [5, 5.41) is 7.89. The summed E-state index contributed by atoms with van der Waals surface area (Å²) in [6.45, 7) is 8.67. The van der Waals surface area contributed by atoms with Gasteiger partial charge in [0.25, 0.3) is 12.4 Å². The van der Waals surface area contributed by atoms with Crippen LogP contribution in [0.15, 0.2) is 52.3 Å². The van der Waals surface area contributed by atoms with E-state index in [4.69, 9.17) is 4.74 Å². The average molecular weight is 427 g/mol. The van der Waals surface area contributed by atoms with Gasteiger partial charge in [-0.15, -0.1) is 22.7 Å². The third-order valence-electron chi connectivity index (χ3n) is 4.38. The van der Waals surface area contributed by atoms with Crippen molar-refractivity contribution in [3.63, 3.8) is 0 Å². The first-order valence-corrected chi connectivity index (χ1v) is 10.8. The van der Waals surface area contributed by atoms with Gasteiger partial charge in [0.2, 0.25) is 0 Å². The predicted molar refractivity (Wildman–Crippen MR) is 119 cm³/mol. The molecule has 150 valence electrons. The van der Waals surface area contributed by atoms with E-state index in [9.17, 15) is 9.59 Å². The van der Waals surface area contributed by atoms with Gasteiger partial charge < -0.3 is 4.74 Å². The smallest absolute Gasteiger partial charge is 0.298 e. The lowest BCUT2D eigenvalue weighted by Crippen LogP contribution is -2.18. The van der Waals surface area contributed by atoms with E-state index in [0.717, 1.165) is 10.4 Å². The summed E-state index contributed by atoms with van der Waals surface area (Å²) < 4.78 is 5.30. The number of thiophene rings is 2. The quantitative estimate of drug-likeness (QED) is 0.323. The number of carbonyl (C=O) groups excluding carboxylic acids is 2. The lowest BCUT2D eigenvalue weighted by atomic mass is 9.86. The molecule has 0 atom stereocenters. The van der Waals surface area contributed by atoms with Crippen molar-refractivity contribution in [2.24, 2.45) is 5.10 Å². The number of amides is 1. The maximum atomic E-state index is 12.1. The molecule has 3 rings (SSSR count). The van der Waals surface area contributed by atoms with Crippen LogP contribution in [0.2, 0.25) is 0 Å². The van der Waals surface area contributed by atoms with E-state index in [1.165, 1.54) is 28.2 Å². The molecule has 3 aromatic rings. The molecule has 0 fully saturated rings. The molecule has 29 heavy (non-hydrogen) atoms. The zero-order valence-corrected chi connectivity index (χ0v) is 18.3. The molecule has 1 N–H and O–H groups in total. The van der Waals surface area contributed by atoms with Gasteiger partial charge in [-0.05, 0) is 34.9 Å². The number of ether oxygens (including phenoxy) is 1. The van der Waals surface area contributed by atoms with Crippen LogP contribution in [0.1, 0.15) is 48.5 Å². The van der Waals surface area contributed by atoms with E-state index in [-0.39, 0.29) is 11.3 Å². The number of rotatable bonds is 6. The molecule has 0 aliphatic carbocycles. The van der Waals surface area contributed by atoms with Crippen molar-refractivity contribution in [1.82, 2.24) is 5.43 Å². The molecule has 2 aromatic heterocycles. The highest BCUT2D eigenvalue weighted by Crippen LogP contribution is 2.40. The van der Waals surface area contributed by atoms with Gasteiger partial charge in [-0.2, -0.15) is 5.10 Å². The number of carbonyl (C=O) groups is 2. The number of nitrogens with one attached hydrogen (secondary N) is 1. The molecule has 0 radical (unpaired) electrons. The van der Waals surface area contributed by atoms with Gasteiger partial charge in [0, 0.05) is 5.38 Å². The van der Waals surface area contributed by atoms with Crippen LogP contribution in [0.4, 0.5) is 0 Å². The summed E-state index contributed by atoms with van der Waals surface area (Å²) in [5.41, 5.74) is 6.02. The number of benzene rings is 1. The summed E-state index contributed by atoms with van der Waals surface area (Å²) in [6, 6.07) is 11.8. The van der Waals surface area contributed by atoms with Gasteiger partial charge in [-0.25, -0.2) is 5.43 Å². The molecule has 0 bridgehead atoms. The van der Waals surface area contributed by atoms with Gasteiger partial charge in [0.15, 0.2) is 5.75 Å². The first kappa shape index (κ1) is 21.0. The summed E-state index contributed by atoms with van der Waals surface area (Å²) in [4.78, 5) is 24.6. The normalized spacial score (nSPS) is 11.9. The largest absolute Gasteiger partial charge is 0.426 e. The van der Waals surface area contributed by atoms with Crippen LogP contribution in [-0.2, 0) is 10.2 Å². The van der Waals surface area contributed by atoms with Crippen molar-refractivity contribution < 1.29 is 14.3 Å². The maximum absolute atomic E-state index is 12.1. The fraction of sp³-hybridized carbons (Fsp3) is 0.227. The monoisotopic (exact) mass is 426 g/mol. The molecule has 1 aromatic carbocycles. The van der Waals surface area contributed by atoms with Crippen molar-refractivity contribution in [3.8, 4) is 16.2 Å². The van der Waals surface area contributed by atoms with Crippen LogP contribution in [0.3, 0.4) is 0 Å². The first-order chi connectivity index (χ1) is 13.8.